The predicted molar refractivity (Wildman–Crippen MR) is 267 cm³/mol. The molecule has 10 atom stereocenters. The molecule has 1 aromatic carbocycles. The van der Waals surface area contributed by atoms with Crippen molar-refractivity contribution in [1.82, 2.24) is 89.3 Å². The normalized spacial score (nSPS) is 26.3. The monoisotopic (exact) mass is 1020 g/mol. The Bertz CT molecular complexity index is 2850. The van der Waals surface area contributed by atoms with Crippen LogP contribution in [0.1, 0.15) is 74.1 Å². The molecular formula is C46H64N22O6. The van der Waals surface area contributed by atoms with Gasteiger partial charge >= 0.3 is 0 Å². The first-order valence-electron chi connectivity index (χ1n) is 25.3. The van der Waals surface area contributed by atoms with E-state index in [1.165, 1.54) is 9.59 Å². The van der Waals surface area contributed by atoms with Gasteiger partial charge in [-0.15, -0.1) is 20.4 Å². The molecule has 6 N–H and O–H groups in total. The van der Waals surface area contributed by atoms with E-state index in [4.69, 9.17) is 39.4 Å². The number of hydrogen-bond donors (Lipinski definition) is 6. The topological polar surface area (TPSA) is 311 Å². The molecule has 394 valence electrons. The summed E-state index contributed by atoms with van der Waals surface area (Å²) in [6, 6.07) is 9.16. The number of fused-ring (bicyclic) bond motifs is 2. The van der Waals surface area contributed by atoms with Gasteiger partial charge in [0.15, 0.2) is 58.6 Å². The molecule has 0 bridgehead atoms. The van der Waals surface area contributed by atoms with Gasteiger partial charge in [-0.3, -0.25) is 9.13 Å². The molecule has 6 aromatic heterocycles. The van der Waals surface area contributed by atoms with Crippen molar-refractivity contribution in [3.8, 4) is 0 Å². The largest absolute Gasteiger partial charge is 0.387 e. The molecule has 0 aliphatic carbocycles. The Morgan fingerprint density at radius 2 is 1.01 bits per heavy atom. The van der Waals surface area contributed by atoms with Crippen LogP contribution in [0.25, 0.3) is 22.3 Å². The quantitative estimate of drug-likeness (QED) is 0.0634. The third-order valence-electron chi connectivity index (χ3n) is 14.6. The van der Waals surface area contributed by atoms with Crippen molar-refractivity contribution in [2.24, 2.45) is 0 Å². The second-order valence-corrected chi connectivity index (χ2v) is 19.8. The number of likely N-dealkylation sites (N-methyl/N-ethyl adjacent to an activating group) is 2. The van der Waals surface area contributed by atoms with Gasteiger partial charge in [0.25, 0.3) is 0 Å². The van der Waals surface area contributed by atoms with E-state index in [1.54, 1.807) is 21.8 Å². The Morgan fingerprint density at radius 1 is 0.595 bits per heavy atom. The van der Waals surface area contributed by atoms with E-state index in [1.807, 2.05) is 13.8 Å². The third kappa shape index (κ3) is 9.43. The minimum Gasteiger partial charge on any atom is -0.387 e. The number of benzene rings is 1. The van der Waals surface area contributed by atoms with Crippen LogP contribution in [0.4, 0.5) is 23.5 Å². The lowest BCUT2D eigenvalue weighted by atomic mass is 10.1. The Labute approximate surface area is 425 Å². The summed E-state index contributed by atoms with van der Waals surface area (Å²) < 4.78 is 15.7. The van der Waals surface area contributed by atoms with Crippen LogP contribution >= 0.6 is 0 Å². The summed E-state index contributed by atoms with van der Waals surface area (Å²) in [5.74, 6) is 2.53. The van der Waals surface area contributed by atoms with Crippen LogP contribution in [0, 0.1) is 0 Å². The van der Waals surface area contributed by atoms with E-state index < -0.39 is 49.1 Å². The van der Waals surface area contributed by atoms with Crippen LogP contribution in [0.15, 0.2) is 36.9 Å². The molecule has 0 radical (unpaired) electrons. The van der Waals surface area contributed by atoms with Gasteiger partial charge < -0.3 is 60.1 Å². The van der Waals surface area contributed by atoms with Crippen LogP contribution in [0.5, 0.6) is 0 Å². The van der Waals surface area contributed by atoms with Gasteiger partial charge in [-0.2, -0.15) is 29.5 Å². The van der Waals surface area contributed by atoms with Crippen LogP contribution in [-0.2, 0) is 35.4 Å². The average Bonchev–Trinajstić information content (AvgIpc) is 4.27. The number of nitrogens with one attached hydrogen (secondary N) is 2. The maximum absolute atomic E-state index is 11.3. The Balaban J connectivity index is 0.774. The summed E-state index contributed by atoms with van der Waals surface area (Å²) in [5, 5.41) is 76.6. The van der Waals surface area contributed by atoms with Crippen molar-refractivity contribution in [2.75, 3.05) is 87.9 Å². The van der Waals surface area contributed by atoms with Gasteiger partial charge in [-0.1, -0.05) is 24.3 Å². The molecule has 4 aliphatic rings. The van der Waals surface area contributed by atoms with Crippen molar-refractivity contribution < 1.29 is 29.9 Å². The SMILES string of the molecule is CCn1nnc([C@H]2O[C@@H](n3cnc4c(NCCc5ccc(CCNc6nc(N7CC[C@@H](N(C)C)C7)nc7c6ncn7[C@@H]6O[C@H](c7nnn(CC)n7)[C@@H](O)[C@H]6O)cc5)nc(N5CC[C@@H](N(C)C)C5)nc43)[C@H](O)[C@@H]2O)n1. The number of aliphatic hydroxyl groups excluding tert-OH is 4. The second kappa shape index (κ2) is 20.6. The number of tetrazole rings is 2. The molecule has 0 amide bonds. The zero-order valence-corrected chi connectivity index (χ0v) is 42.3. The first-order chi connectivity index (χ1) is 35.8. The maximum atomic E-state index is 11.3. The molecule has 74 heavy (non-hydrogen) atoms. The molecule has 10 heterocycles. The van der Waals surface area contributed by atoms with Gasteiger partial charge in [-0.05, 0) is 89.3 Å². The Kier molecular flexibility index (Phi) is 13.8. The van der Waals surface area contributed by atoms with Crippen LogP contribution in [0.2, 0.25) is 0 Å². The average molecular weight is 1020 g/mol. The third-order valence-corrected chi connectivity index (χ3v) is 14.6. The molecule has 11 rings (SSSR count). The molecule has 4 saturated heterocycles. The molecule has 4 fully saturated rings. The summed E-state index contributed by atoms with van der Waals surface area (Å²) in [7, 11) is 8.29. The number of aryl methyl sites for hydroxylation is 2. The first-order valence-corrected chi connectivity index (χ1v) is 25.3. The zero-order valence-electron chi connectivity index (χ0n) is 42.3. The van der Waals surface area contributed by atoms with Gasteiger partial charge in [0.2, 0.25) is 23.5 Å². The second-order valence-electron chi connectivity index (χ2n) is 19.8. The van der Waals surface area contributed by atoms with Crippen LogP contribution in [-0.4, -0.2) is 214 Å². The van der Waals surface area contributed by atoms with E-state index in [9.17, 15) is 20.4 Å². The fraction of sp³-hybridized carbons (Fsp3) is 0.609. The zero-order chi connectivity index (χ0) is 51.4. The number of rotatable bonds is 18. The summed E-state index contributed by atoms with van der Waals surface area (Å²) in [5.41, 5.74) is 4.16. The lowest BCUT2D eigenvalue weighted by Gasteiger charge is -2.22. The minimum absolute atomic E-state index is 0.182. The van der Waals surface area contributed by atoms with E-state index >= 15 is 0 Å². The summed E-state index contributed by atoms with van der Waals surface area (Å²) in [6.45, 7) is 8.88. The summed E-state index contributed by atoms with van der Waals surface area (Å²) >= 11 is 0. The summed E-state index contributed by atoms with van der Waals surface area (Å²) in [6.07, 6.45) is -2.89. The Morgan fingerprint density at radius 3 is 1.38 bits per heavy atom. The van der Waals surface area contributed by atoms with Crippen molar-refractivity contribution in [1.29, 1.82) is 0 Å². The highest BCUT2D eigenvalue weighted by molar-refractivity contribution is 5.85. The number of anilines is 4. The number of ether oxygens (including phenoxy) is 2. The molecule has 0 spiro atoms. The van der Waals surface area contributed by atoms with Crippen LogP contribution < -0.4 is 20.4 Å². The standard InChI is InChI=1S/C46H64N22O6/c1-7-67-57-39(55-59-67)35-31(69)33(71)43(73-35)65-23-49-29-37(51-45(53-41(29)65)63-19-15-27(21-63)61(3)4)47-17-13-25-9-11-26(12-10-25)14-18-48-38-30-42(54-46(52-38)64-20-16-28(22-64)62(5)6)66(24-50-30)44-34(72)32(70)36(74-44)40-56-60-68(8-2)58-40/h9-12,23-24,27-28,31-36,43-44,69-72H,7-8,13-22H2,1-6H3,(H,47,51,53)(H,48,52,54)/t27-,28-,31+,32+,33-,34-,35+,36+,43-,44-/m1/s1. The molecule has 28 nitrogen and oxygen atoms in total. The number of hydrogen-bond acceptors (Lipinski definition) is 24. The number of aliphatic hydroxyl groups is 4. The van der Waals surface area contributed by atoms with Gasteiger partial charge in [0, 0.05) is 51.4 Å². The predicted octanol–water partition coefficient (Wildman–Crippen LogP) is -0.448. The molecule has 0 saturated carbocycles. The van der Waals surface area contributed by atoms with E-state index in [2.05, 4.69) is 114 Å². The molecule has 28 heteroatoms. The van der Waals surface area contributed by atoms with Crippen LogP contribution in [0.3, 0.4) is 0 Å². The highest BCUT2D eigenvalue weighted by atomic mass is 16.6. The van der Waals surface area contributed by atoms with Crippen molar-refractivity contribution in [3.63, 3.8) is 0 Å². The van der Waals surface area contributed by atoms with Gasteiger partial charge in [-0.25, -0.2) is 9.97 Å². The summed E-state index contributed by atoms with van der Waals surface area (Å²) in [4.78, 5) is 40.9. The lowest BCUT2D eigenvalue weighted by Crippen LogP contribution is -2.32. The Hall–Kier alpha value is -6.66. The van der Waals surface area contributed by atoms with Gasteiger partial charge in [0.05, 0.1) is 25.7 Å². The molecule has 7 aromatic rings. The number of imidazole rings is 2. The smallest absolute Gasteiger partial charge is 0.229 e. The van der Waals surface area contributed by atoms with Crippen molar-refractivity contribution in [2.45, 2.75) is 114 Å². The van der Waals surface area contributed by atoms with Crippen molar-refractivity contribution >= 4 is 45.9 Å². The maximum Gasteiger partial charge on any atom is 0.229 e. The van der Waals surface area contributed by atoms with E-state index in [0.29, 0.717) is 97.0 Å². The molecule has 0 unspecified atom stereocenters. The van der Waals surface area contributed by atoms with Gasteiger partial charge in [0.1, 0.15) is 24.4 Å². The highest BCUT2D eigenvalue weighted by Crippen LogP contribution is 2.41. The minimum atomic E-state index is -1.32. The van der Waals surface area contributed by atoms with E-state index in [0.717, 1.165) is 50.1 Å². The fourth-order valence-corrected chi connectivity index (χ4v) is 10.1. The number of nitrogens with zero attached hydrogens (tertiary/aromatic N) is 20. The lowest BCUT2D eigenvalue weighted by molar-refractivity contribution is -0.0384. The first kappa shape index (κ1) is 49.5. The fourth-order valence-electron chi connectivity index (χ4n) is 10.1. The van der Waals surface area contributed by atoms with Crippen molar-refractivity contribution in [3.05, 3.63) is 59.7 Å². The molecule has 4 aliphatic heterocycles. The number of aromatic nitrogens is 16. The highest BCUT2D eigenvalue weighted by Gasteiger charge is 2.49. The molecular weight excluding hydrogens is 957 g/mol. The van der Waals surface area contributed by atoms with E-state index in [-0.39, 0.29) is 11.6 Å².